The predicted octanol–water partition coefficient (Wildman–Crippen LogP) is 11.4. The molecule has 0 spiro atoms. The van der Waals surface area contributed by atoms with Gasteiger partial charge in [0.1, 0.15) is 30.5 Å². The molecule has 0 amide bonds. The van der Waals surface area contributed by atoms with Crippen molar-refractivity contribution in [3.05, 3.63) is 36.5 Å². The molecule has 4 N–H and O–H groups in total. The molecule has 0 bridgehead atoms. The van der Waals surface area contributed by atoms with Crippen LogP contribution in [0.3, 0.4) is 0 Å². The van der Waals surface area contributed by atoms with E-state index in [2.05, 4.69) is 54.5 Å². The van der Waals surface area contributed by atoms with Gasteiger partial charge in [0.2, 0.25) is 0 Å². The third-order valence-electron chi connectivity index (χ3n) is 11.5. The molecule has 0 radical (unpaired) electrons. The van der Waals surface area contributed by atoms with Crippen molar-refractivity contribution in [2.75, 3.05) is 26.4 Å². The number of hydrogen-bond acceptors (Lipinski definition) is 11. The van der Waals surface area contributed by atoms with Crippen LogP contribution in [0.5, 0.6) is 0 Å². The number of aliphatic hydroxyl groups excluding tert-OH is 3. The Bertz CT molecular complexity index is 1240. The average Bonchev–Trinajstić information content (AvgIpc) is 3.26. The summed E-state index contributed by atoms with van der Waals surface area (Å²) >= 11 is 0. The molecule has 370 valence electrons. The number of hydrogen-bond donors (Lipinski definition) is 4. The molecule has 6 atom stereocenters. The van der Waals surface area contributed by atoms with Crippen LogP contribution in [0.2, 0.25) is 0 Å². The first-order valence-electron chi connectivity index (χ1n) is 25.2. The summed E-state index contributed by atoms with van der Waals surface area (Å²) in [6.07, 6.45) is 40.3. The lowest BCUT2D eigenvalue weighted by molar-refractivity contribution is -0.301. The van der Waals surface area contributed by atoms with Crippen LogP contribution in [0.15, 0.2) is 36.5 Å². The Morgan fingerprint density at radius 2 is 1.05 bits per heavy atom. The summed E-state index contributed by atoms with van der Waals surface area (Å²) in [5.41, 5.74) is 0. The second-order valence-corrected chi connectivity index (χ2v) is 18.4. The van der Waals surface area contributed by atoms with Crippen LogP contribution >= 0.6 is 0 Å². The Morgan fingerprint density at radius 3 is 1.52 bits per heavy atom. The lowest BCUT2D eigenvalue weighted by Crippen LogP contribution is -2.60. The van der Waals surface area contributed by atoms with Gasteiger partial charge >= 0.3 is 16.4 Å². The molecular weight excluding hydrogens is 825 g/mol. The van der Waals surface area contributed by atoms with Crippen LogP contribution in [-0.2, 0) is 38.3 Å². The van der Waals surface area contributed by atoms with Crippen molar-refractivity contribution in [2.45, 2.75) is 250 Å². The minimum atomic E-state index is -5.06. The predicted molar refractivity (Wildman–Crippen MR) is 253 cm³/mol. The number of unbranched alkanes of at least 4 members (excludes halogenated alkanes) is 25. The van der Waals surface area contributed by atoms with Crippen LogP contribution in [-0.4, -0.2) is 97.5 Å². The molecule has 1 saturated heterocycles. The maximum Gasteiger partial charge on any atom is 0.397 e. The van der Waals surface area contributed by atoms with Crippen LogP contribution in [0, 0.1) is 0 Å². The summed E-state index contributed by atoms with van der Waals surface area (Å²) in [6, 6.07) is 0. The highest BCUT2D eigenvalue weighted by molar-refractivity contribution is 7.80. The molecule has 0 aromatic carbocycles. The van der Waals surface area contributed by atoms with Crippen LogP contribution in [0.1, 0.15) is 213 Å². The molecule has 0 saturated carbocycles. The highest BCUT2D eigenvalue weighted by Gasteiger charge is 2.48. The van der Waals surface area contributed by atoms with Crippen molar-refractivity contribution in [3.63, 3.8) is 0 Å². The summed E-state index contributed by atoms with van der Waals surface area (Å²) < 4.78 is 59.2. The van der Waals surface area contributed by atoms with Gasteiger partial charge in [-0.2, -0.15) is 8.42 Å². The maximum atomic E-state index is 12.9. The van der Waals surface area contributed by atoms with Crippen molar-refractivity contribution in [1.82, 2.24) is 0 Å². The molecule has 1 heterocycles. The number of rotatable bonds is 44. The van der Waals surface area contributed by atoms with Gasteiger partial charge in [0, 0.05) is 13.0 Å². The Kier molecular flexibility index (Phi) is 39.3. The summed E-state index contributed by atoms with van der Waals surface area (Å²) in [7, 11) is -5.06. The van der Waals surface area contributed by atoms with Gasteiger partial charge in [-0.05, 0) is 70.6 Å². The van der Waals surface area contributed by atoms with Gasteiger partial charge in [-0.3, -0.25) is 9.35 Å². The zero-order chi connectivity index (χ0) is 46.1. The van der Waals surface area contributed by atoms with Crippen molar-refractivity contribution in [1.29, 1.82) is 0 Å². The smallest absolute Gasteiger partial charge is 0.397 e. The van der Waals surface area contributed by atoms with E-state index in [4.69, 9.17) is 18.9 Å². The van der Waals surface area contributed by atoms with E-state index in [1.54, 1.807) is 0 Å². The van der Waals surface area contributed by atoms with Crippen LogP contribution in [0.25, 0.3) is 0 Å². The quantitative estimate of drug-likeness (QED) is 0.0197. The van der Waals surface area contributed by atoms with E-state index in [1.165, 1.54) is 122 Å². The largest absolute Gasteiger partial charge is 0.457 e. The van der Waals surface area contributed by atoms with E-state index >= 15 is 0 Å². The fraction of sp³-hybridized carbons (Fsp3) is 0.860. The molecular formula is C50H92O12S. The second-order valence-electron chi connectivity index (χ2n) is 17.4. The highest BCUT2D eigenvalue weighted by Crippen LogP contribution is 2.26. The molecule has 0 aliphatic carbocycles. The number of esters is 1. The fourth-order valence-corrected chi connectivity index (χ4v) is 8.15. The molecule has 1 fully saturated rings. The molecule has 6 unspecified atom stereocenters. The van der Waals surface area contributed by atoms with Crippen molar-refractivity contribution in [2.24, 2.45) is 0 Å². The molecule has 0 aromatic heterocycles. The van der Waals surface area contributed by atoms with Crippen LogP contribution < -0.4 is 0 Å². The zero-order valence-electron chi connectivity index (χ0n) is 39.6. The minimum absolute atomic E-state index is 0.0317. The standard InChI is InChI=1S/C50H92O12S/c1-3-5-7-9-11-13-15-17-19-20-21-22-23-24-25-26-28-30-32-34-36-38-40-58-42-44(43-59-50-48(54)49(62-63(55,56)57)47(53)45(41-51)61-50)60-46(52)39-37-35-33-31-29-27-18-16-14-12-10-8-6-4-2/h15-18,20-21,44-45,47-51,53-54H,3-14,19,22-43H2,1-2H3,(H,55,56,57)/b17-15-,18-16-,21-20-. The summed E-state index contributed by atoms with van der Waals surface area (Å²) in [6.45, 7) is 3.97. The summed E-state index contributed by atoms with van der Waals surface area (Å²) in [5.74, 6) is -0.408. The van der Waals surface area contributed by atoms with Gasteiger partial charge in [-0.25, -0.2) is 4.18 Å². The first-order valence-corrected chi connectivity index (χ1v) is 26.6. The van der Waals surface area contributed by atoms with E-state index in [1.807, 2.05) is 0 Å². The molecule has 12 nitrogen and oxygen atoms in total. The monoisotopic (exact) mass is 917 g/mol. The molecule has 1 aliphatic heterocycles. The van der Waals surface area contributed by atoms with E-state index in [-0.39, 0.29) is 19.6 Å². The topological polar surface area (TPSA) is 178 Å². The summed E-state index contributed by atoms with van der Waals surface area (Å²) in [4.78, 5) is 12.9. The van der Waals surface area contributed by atoms with Crippen molar-refractivity contribution < 1.29 is 56.2 Å². The number of carbonyl (C=O) groups is 1. The first-order chi connectivity index (χ1) is 30.6. The summed E-state index contributed by atoms with van der Waals surface area (Å²) in [5, 5.41) is 30.7. The van der Waals surface area contributed by atoms with Gasteiger partial charge in [-0.1, -0.05) is 172 Å². The van der Waals surface area contributed by atoms with Gasteiger partial charge in [0.15, 0.2) is 6.29 Å². The zero-order valence-corrected chi connectivity index (χ0v) is 40.5. The highest BCUT2D eigenvalue weighted by atomic mass is 32.3. The van der Waals surface area contributed by atoms with E-state index < -0.39 is 59.8 Å². The van der Waals surface area contributed by atoms with Crippen LogP contribution in [0.4, 0.5) is 0 Å². The molecule has 13 heteroatoms. The normalized spacial score (nSPS) is 20.1. The fourth-order valence-electron chi connectivity index (χ4n) is 7.64. The molecule has 63 heavy (non-hydrogen) atoms. The number of ether oxygens (including phenoxy) is 4. The Balaban J connectivity index is 2.35. The van der Waals surface area contributed by atoms with Crippen molar-refractivity contribution >= 4 is 16.4 Å². The van der Waals surface area contributed by atoms with Gasteiger partial charge in [0.05, 0.1) is 19.8 Å². The van der Waals surface area contributed by atoms with E-state index in [9.17, 15) is 33.1 Å². The Hall–Kier alpha value is -1.68. The van der Waals surface area contributed by atoms with Gasteiger partial charge in [0.25, 0.3) is 0 Å². The minimum Gasteiger partial charge on any atom is -0.457 e. The van der Waals surface area contributed by atoms with E-state index in [0.717, 1.165) is 64.2 Å². The van der Waals surface area contributed by atoms with Gasteiger partial charge in [-0.15, -0.1) is 0 Å². The lowest BCUT2D eigenvalue weighted by atomic mass is 9.99. The van der Waals surface area contributed by atoms with Gasteiger partial charge < -0.3 is 34.3 Å². The Morgan fingerprint density at radius 1 is 0.603 bits per heavy atom. The second kappa shape index (κ2) is 41.7. The molecule has 1 rings (SSSR count). The third-order valence-corrected chi connectivity index (χ3v) is 12.0. The van der Waals surface area contributed by atoms with E-state index in [0.29, 0.717) is 13.0 Å². The van der Waals surface area contributed by atoms with Crippen molar-refractivity contribution in [3.8, 4) is 0 Å². The number of allylic oxidation sites excluding steroid dienone is 6. The Labute approximate surface area is 383 Å². The molecule has 0 aromatic rings. The molecule has 1 aliphatic rings. The SMILES string of the molecule is CCCCCCC/C=C\C/C=C\CCCCCCCCCCCCOCC(COC1OC(CO)C(O)C(OS(=O)(=O)O)C1O)OC(=O)CCCCCCC/C=C\CCCCCCC. The number of carbonyl (C=O) groups excluding carboxylic acids is 1. The maximum absolute atomic E-state index is 12.9. The number of aliphatic hydroxyl groups is 3. The average molecular weight is 917 g/mol. The first kappa shape index (κ1) is 59.3. The third kappa shape index (κ3) is 35.2. The lowest BCUT2D eigenvalue weighted by Gasteiger charge is -2.41.